The fourth-order valence-electron chi connectivity index (χ4n) is 1.38. The zero-order valence-corrected chi connectivity index (χ0v) is 9.99. The Morgan fingerprint density at radius 2 is 2.28 bits per heavy atom. The molecule has 18 heavy (non-hydrogen) atoms. The largest absolute Gasteiger partial charge is 0.506 e. The van der Waals surface area contributed by atoms with Crippen molar-refractivity contribution in [2.45, 2.75) is 0 Å². The van der Waals surface area contributed by atoms with Crippen molar-refractivity contribution in [1.29, 1.82) is 0 Å². The molecule has 0 aliphatic heterocycles. The highest BCUT2D eigenvalue weighted by Gasteiger charge is 2.07. The van der Waals surface area contributed by atoms with Gasteiger partial charge in [-0.3, -0.25) is 9.78 Å². The summed E-state index contributed by atoms with van der Waals surface area (Å²) >= 11 is 0. The molecule has 5 heteroatoms. The van der Waals surface area contributed by atoms with Crippen molar-refractivity contribution in [3.63, 3.8) is 0 Å². The fraction of sp³-hybridized carbons (Fsp3) is 0.231. The Morgan fingerprint density at radius 1 is 1.50 bits per heavy atom. The van der Waals surface area contributed by atoms with Crippen LogP contribution in [-0.4, -0.2) is 45.7 Å². The molecular formula is C13H16N2O3. The third-order valence-corrected chi connectivity index (χ3v) is 2.19. The van der Waals surface area contributed by atoms with Gasteiger partial charge in [0.15, 0.2) is 0 Å². The van der Waals surface area contributed by atoms with Crippen LogP contribution in [0.25, 0.3) is 6.08 Å². The highest BCUT2D eigenvalue weighted by Crippen LogP contribution is 2.09. The topological polar surface area (TPSA) is 73.7 Å². The number of amides is 1. The first-order valence-electron chi connectivity index (χ1n) is 5.50. The zero-order valence-electron chi connectivity index (χ0n) is 9.99. The van der Waals surface area contributed by atoms with Crippen LogP contribution in [0.1, 0.15) is 5.56 Å². The molecule has 0 spiro atoms. The first-order valence-corrected chi connectivity index (χ1v) is 5.50. The number of carbonyl (C=O) groups is 1. The van der Waals surface area contributed by atoms with Crippen LogP contribution in [-0.2, 0) is 4.79 Å². The smallest absolute Gasteiger partial charge is 0.246 e. The molecule has 0 aliphatic carbocycles. The van der Waals surface area contributed by atoms with E-state index < -0.39 is 0 Å². The molecule has 0 atom stereocenters. The van der Waals surface area contributed by atoms with Gasteiger partial charge in [-0.05, 0) is 17.7 Å². The molecule has 0 saturated heterocycles. The first kappa shape index (κ1) is 13.9. The van der Waals surface area contributed by atoms with E-state index in [-0.39, 0.29) is 24.8 Å². The molecule has 0 unspecified atom stereocenters. The van der Waals surface area contributed by atoms with Crippen molar-refractivity contribution in [3.8, 4) is 5.75 Å². The zero-order chi connectivity index (χ0) is 13.4. The molecule has 2 N–H and O–H groups in total. The molecule has 1 heterocycles. The highest BCUT2D eigenvalue weighted by molar-refractivity contribution is 5.91. The number of aromatic nitrogens is 1. The summed E-state index contributed by atoms with van der Waals surface area (Å²) in [6.45, 7) is 4.09. The quantitative estimate of drug-likeness (QED) is 0.577. The second kappa shape index (κ2) is 7.24. The first-order chi connectivity index (χ1) is 8.67. The summed E-state index contributed by atoms with van der Waals surface area (Å²) in [7, 11) is 0. The monoisotopic (exact) mass is 248 g/mol. The number of carbonyl (C=O) groups excluding carboxylic acids is 1. The van der Waals surface area contributed by atoms with Gasteiger partial charge < -0.3 is 15.1 Å². The molecule has 5 nitrogen and oxygen atoms in total. The van der Waals surface area contributed by atoms with Crippen LogP contribution in [0, 0.1) is 0 Å². The summed E-state index contributed by atoms with van der Waals surface area (Å²) in [5.41, 5.74) is 0.630. The van der Waals surface area contributed by atoms with Crippen LogP contribution >= 0.6 is 0 Å². The molecule has 1 amide bonds. The molecule has 0 aliphatic rings. The normalized spacial score (nSPS) is 10.5. The molecule has 0 aromatic carbocycles. The van der Waals surface area contributed by atoms with Crippen molar-refractivity contribution < 1.29 is 15.0 Å². The van der Waals surface area contributed by atoms with Gasteiger partial charge in [0.2, 0.25) is 5.91 Å². The Balaban J connectivity index is 2.69. The average Bonchev–Trinajstić information content (AvgIpc) is 2.36. The summed E-state index contributed by atoms with van der Waals surface area (Å²) in [6.07, 6.45) is 7.37. The molecule has 0 fully saturated rings. The van der Waals surface area contributed by atoms with Crippen molar-refractivity contribution in [2.75, 3.05) is 19.7 Å². The number of nitrogens with zero attached hydrogens (tertiary/aromatic N) is 2. The van der Waals surface area contributed by atoms with E-state index in [0.717, 1.165) is 0 Å². The van der Waals surface area contributed by atoms with Crippen molar-refractivity contribution in [2.24, 2.45) is 0 Å². The second-order valence-corrected chi connectivity index (χ2v) is 3.61. The van der Waals surface area contributed by atoms with Gasteiger partial charge in [0.25, 0.3) is 0 Å². The SMILES string of the molecule is C=CCN(CCO)C(=O)/C=C/c1cncc(O)c1. The summed E-state index contributed by atoms with van der Waals surface area (Å²) in [5.74, 6) is -0.185. The van der Waals surface area contributed by atoms with E-state index in [1.54, 1.807) is 12.2 Å². The van der Waals surface area contributed by atoms with Gasteiger partial charge in [0.1, 0.15) is 5.75 Å². The minimum Gasteiger partial charge on any atom is -0.506 e. The molecule has 0 saturated carbocycles. The lowest BCUT2D eigenvalue weighted by molar-refractivity contribution is -0.125. The lowest BCUT2D eigenvalue weighted by Crippen LogP contribution is -2.32. The van der Waals surface area contributed by atoms with Crippen molar-refractivity contribution in [1.82, 2.24) is 9.88 Å². The average molecular weight is 248 g/mol. The van der Waals surface area contributed by atoms with E-state index in [4.69, 9.17) is 5.11 Å². The molecule has 1 aromatic heterocycles. The third-order valence-electron chi connectivity index (χ3n) is 2.19. The maximum Gasteiger partial charge on any atom is 0.246 e. The number of pyridine rings is 1. The number of aliphatic hydroxyl groups is 1. The minimum absolute atomic E-state index is 0.0444. The number of aliphatic hydroxyl groups excluding tert-OH is 1. The third kappa shape index (κ3) is 4.39. The van der Waals surface area contributed by atoms with Gasteiger partial charge in [0, 0.05) is 25.4 Å². The predicted molar refractivity (Wildman–Crippen MR) is 68.8 cm³/mol. The Kier molecular flexibility index (Phi) is 5.60. The minimum atomic E-state index is -0.229. The Labute approximate surface area is 106 Å². The van der Waals surface area contributed by atoms with Gasteiger partial charge in [-0.15, -0.1) is 6.58 Å². The van der Waals surface area contributed by atoms with Crippen molar-refractivity contribution >= 4 is 12.0 Å². The van der Waals surface area contributed by atoms with Crippen LogP contribution in [0.4, 0.5) is 0 Å². The van der Waals surface area contributed by atoms with Crippen LogP contribution < -0.4 is 0 Å². The summed E-state index contributed by atoms with van der Waals surface area (Å²) in [4.78, 5) is 17.0. The number of aromatic hydroxyl groups is 1. The van der Waals surface area contributed by atoms with Crippen LogP contribution in [0.15, 0.2) is 37.2 Å². The molecular weight excluding hydrogens is 232 g/mol. The Morgan fingerprint density at radius 3 is 2.89 bits per heavy atom. The maximum atomic E-state index is 11.8. The van der Waals surface area contributed by atoms with Crippen LogP contribution in [0.5, 0.6) is 5.75 Å². The molecule has 1 aromatic rings. The molecule has 96 valence electrons. The lowest BCUT2D eigenvalue weighted by atomic mass is 10.2. The van der Waals surface area contributed by atoms with E-state index in [1.807, 2.05) is 0 Å². The van der Waals surface area contributed by atoms with E-state index in [1.165, 1.54) is 29.4 Å². The Hall–Kier alpha value is -2.14. The number of hydrogen-bond donors (Lipinski definition) is 2. The highest BCUT2D eigenvalue weighted by atomic mass is 16.3. The van der Waals surface area contributed by atoms with Gasteiger partial charge in [-0.1, -0.05) is 6.08 Å². The van der Waals surface area contributed by atoms with Crippen molar-refractivity contribution in [3.05, 3.63) is 42.8 Å². The second-order valence-electron chi connectivity index (χ2n) is 3.61. The van der Waals surface area contributed by atoms with E-state index in [0.29, 0.717) is 12.1 Å². The van der Waals surface area contributed by atoms with Gasteiger partial charge in [-0.25, -0.2) is 0 Å². The molecule has 1 rings (SSSR count). The predicted octanol–water partition coefficient (Wildman–Crippen LogP) is 0.807. The molecule has 0 radical (unpaired) electrons. The van der Waals surface area contributed by atoms with E-state index in [9.17, 15) is 9.90 Å². The summed E-state index contributed by atoms with van der Waals surface area (Å²) in [6, 6.07) is 1.50. The maximum absolute atomic E-state index is 11.8. The Bertz CT molecular complexity index is 444. The number of hydrogen-bond acceptors (Lipinski definition) is 4. The lowest BCUT2D eigenvalue weighted by Gasteiger charge is -2.17. The standard InChI is InChI=1S/C13H16N2O3/c1-2-5-15(6-7-16)13(18)4-3-11-8-12(17)10-14-9-11/h2-4,8-10,16-17H,1,5-7H2/b4-3+. The van der Waals surface area contributed by atoms with Gasteiger partial charge in [-0.2, -0.15) is 0 Å². The van der Waals surface area contributed by atoms with Gasteiger partial charge in [0.05, 0.1) is 12.8 Å². The van der Waals surface area contributed by atoms with Crippen LogP contribution in [0.3, 0.4) is 0 Å². The molecule has 0 bridgehead atoms. The fourth-order valence-corrected chi connectivity index (χ4v) is 1.38. The van der Waals surface area contributed by atoms with E-state index in [2.05, 4.69) is 11.6 Å². The van der Waals surface area contributed by atoms with Gasteiger partial charge >= 0.3 is 0 Å². The summed E-state index contributed by atoms with van der Waals surface area (Å²) in [5, 5.41) is 18.1. The number of rotatable bonds is 6. The summed E-state index contributed by atoms with van der Waals surface area (Å²) < 4.78 is 0. The van der Waals surface area contributed by atoms with Crippen LogP contribution in [0.2, 0.25) is 0 Å². The van der Waals surface area contributed by atoms with E-state index >= 15 is 0 Å².